The average molecular weight is 474 g/mol. The van der Waals surface area contributed by atoms with Crippen LogP contribution >= 0.6 is 24.0 Å². The molecule has 6 heteroatoms. The summed E-state index contributed by atoms with van der Waals surface area (Å²) < 4.78 is 5.40. The van der Waals surface area contributed by atoms with Gasteiger partial charge in [-0.1, -0.05) is 47.6 Å². The van der Waals surface area contributed by atoms with Gasteiger partial charge in [0.05, 0.1) is 6.54 Å². The van der Waals surface area contributed by atoms with Crippen molar-refractivity contribution in [1.29, 1.82) is 0 Å². The minimum absolute atomic E-state index is 0. The van der Waals surface area contributed by atoms with Crippen molar-refractivity contribution < 1.29 is 4.52 Å². The number of fused-ring (bicyclic) bond motifs is 1. The second kappa shape index (κ2) is 9.03. The Morgan fingerprint density at radius 1 is 1.07 bits per heavy atom. The molecule has 0 radical (unpaired) electrons. The van der Waals surface area contributed by atoms with Gasteiger partial charge in [-0.25, -0.2) is 4.99 Å². The number of nitrogens with zero attached hydrogens (tertiary/aromatic N) is 2. The zero-order valence-corrected chi connectivity index (χ0v) is 17.4. The lowest BCUT2D eigenvalue weighted by Crippen LogP contribution is -2.24. The topological polar surface area (TPSA) is 76.4 Å². The zero-order valence-electron chi connectivity index (χ0n) is 15.0. The molecule has 27 heavy (non-hydrogen) atoms. The molecule has 3 aromatic rings. The lowest BCUT2D eigenvalue weighted by Gasteiger charge is -2.19. The van der Waals surface area contributed by atoms with Gasteiger partial charge in [0.2, 0.25) is 0 Å². The standard InChI is InChI=1S/C21H22N4O.HI/c22-21(24-19-12-6-10-15-7-4-5-11-18(15)19)23-14-17-13-20(26-25-17)16-8-2-1-3-9-16;/h1-3,6,8-10,12-13H,4-5,7,11,14H2,(H3,22,23,24);1H. The van der Waals surface area contributed by atoms with Crippen LogP contribution in [0.25, 0.3) is 11.3 Å². The third kappa shape index (κ3) is 4.68. The quantitative estimate of drug-likeness (QED) is 0.325. The maximum atomic E-state index is 6.09. The SMILES string of the molecule is I.NC(=NCc1cc(-c2ccccc2)on1)Nc1cccc2c1CCCC2. The number of aryl methyl sites for hydroxylation is 1. The Bertz CT molecular complexity index is 921. The number of aromatic nitrogens is 1. The number of halogens is 1. The molecule has 0 spiro atoms. The first-order valence-electron chi connectivity index (χ1n) is 8.98. The van der Waals surface area contributed by atoms with E-state index in [4.69, 9.17) is 10.3 Å². The fourth-order valence-corrected chi connectivity index (χ4v) is 3.37. The van der Waals surface area contributed by atoms with Gasteiger partial charge in [0.25, 0.3) is 0 Å². The number of rotatable bonds is 4. The van der Waals surface area contributed by atoms with Crippen LogP contribution in [0.2, 0.25) is 0 Å². The number of benzene rings is 2. The van der Waals surface area contributed by atoms with Gasteiger partial charge in [-0.05, 0) is 42.9 Å². The van der Waals surface area contributed by atoms with E-state index in [1.807, 2.05) is 36.4 Å². The van der Waals surface area contributed by atoms with Crippen LogP contribution in [-0.4, -0.2) is 11.1 Å². The highest BCUT2D eigenvalue weighted by atomic mass is 127. The van der Waals surface area contributed by atoms with Crippen LogP contribution in [0.5, 0.6) is 0 Å². The van der Waals surface area contributed by atoms with E-state index in [0.29, 0.717) is 12.5 Å². The fourth-order valence-electron chi connectivity index (χ4n) is 3.37. The molecular formula is C21H23IN4O. The van der Waals surface area contributed by atoms with Crippen molar-refractivity contribution in [2.24, 2.45) is 10.7 Å². The second-order valence-corrected chi connectivity index (χ2v) is 6.53. The summed E-state index contributed by atoms with van der Waals surface area (Å²) >= 11 is 0. The van der Waals surface area contributed by atoms with E-state index in [0.717, 1.165) is 35.5 Å². The number of aliphatic imine (C=N–C) groups is 1. The Morgan fingerprint density at radius 2 is 1.89 bits per heavy atom. The van der Waals surface area contributed by atoms with E-state index < -0.39 is 0 Å². The van der Waals surface area contributed by atoms with Crippen molar-refractivity contribution in [2.75, 3.05) is 5.32 Å². The van der Waals surface area contributed by atoms with Crippen LogP contribution in [0.3, 0.4) is 0 Å². The largest absolute Gasteiger partial charge is 0.370 e. The van der Waals surface area contributed by atoms with E-state index in [2.05, 4.69) is 33.7 Å². The van der Waals surface area contributed by atoms with Gasteiger partial charge in [-0.2, -0.15) is 0 Å². The lowest BCUT2D eigenvalue weighted by atomic mass is 9.90. The molecule has 2 aromatic carbocycles. The predicted molar refractivity (Wildman–Crippen MR) is 119 cm³/mol. The summed E-state index contributed by atoms with van der Waals surface area (Å²) in [6.07, 6.45) is 4.72. The van der Waals surface area contributed by atoms with Gasteiger partial charge in [-0.3, -0.25) is 0 Å². The highest BCUT2D eigenvalue weighted by Gasteiger charge is 2.13. The maximum Gasteiger partial charge on any atom is 0.193 e. The van der Waals surface area contributed by atoms with Gasteiger partial charge in [-0.15, -0.1) is 24.0 Å². The van der Waals surface area contributed by atoms with Gasteiger partial charge in [0.1, 0.15) is 5.69 Å². The van der Waals surface area contributed by atoms with Crippen LogP contribution < -0.4 is 11.1 Å². The fraction of sp³-hybridized carbons (Fsp3) is 0.238. The maximum absolute atomic E-state index is 6.09. The number of nitrogens with one attached hydrogen (secondary N) is 1. The van der Waals surface area contributed by atoms with Gasteiger partial charge in [0, 0.05) is 17.3 Å². The van der Waals surface area contributed by atoms with Crippen molar-refractivity contribution >= 4 is 35.6 Å². The molecule has 0 unspecified atom stereocenters. The first-order valence-corrected chi connectivity index (χ1v) is 8.98. The second-order valence-electron chi connectivity index (χ2n) is 6.53. The van der Waals surface area contributed by atoms with Crippen molar-refractivity contribution in [2.45, 2.75) is 32.2 Å². The summed E-state index contributed by atoms with van der Waals surface area (Å²) in [6, 6.07) is 18.1. The van der Waals surface area contributed by atoms with Crippen molar-refractivity contribution in [3.8, 4) is 11.3 Å². The number of hydrogen-bond donors (Lipinski definition) is 2. The highest BCUT2D eigenvalue weighted by molar-refractivity contribution is 14.0. The molecule has 0 bridgehead atoms. The molecule has 1 aromatic heterocycles. The Morgan fingerprint density at radius 3 is 2.74 bits per heavy atom. The minimum atomic E-state index is 0. The van der Waals surface area contributed by atoms with E-state index in [1.54, 1.807) is 0 Å². The Labute approximate surface area is 176 Å². The van der Waals surface area contributed by atoms with Crippen LogP contribution in [0.1, 0.15) is 29.7 Å². The van der Waals surface area contributed by atoms with Crippen LogP contribution in [0.4, 0.5) is 5.69 Å². The van der Waals surface area contributed by atoms with Crippen molar-refractivity contribution in [3.05, 3.63) is 71.4 Å². The lowest BCUT2D eigenvalue weighted by molar-refractivity contribution is 0.424. The molecule has 140 valence electrons. The van der Waals surface area contributed by atoms with E-state index in [1.165, 1.54) is 24.0 Å². The summed E-state index contributed by atoms with van der Waals surface area (Å²) in [6.45, 7) is 0.379. The van der Waals surface area contributed by atoms with Crippen LogP contribution in [-0.2, 0) is 19.4 Å². The monoisotopic (exact) mass is 474 g/mol. The Kier molecular flexibility index (Phi) is 6.49. The third-order valence-corrected chi connectivity index (χ3v) is 4.69. The van der Waals surface area contributed by atoms with Gasteiger partial charge >= 0.3 is 0 Å². The zero-order chi connectivity index (χ0) is 17.8. The smallest absolute Gasteiger partial charge is 0.193 e. The van der Waals surface area contributed by atoms with Gasteiger partial charge in [0.15, 0.2) is 11.7 Å². The molecule has 0 aliphatic heterocycles. The summed E-state index contributed by atoms with van der Waals surface area (Å²) in [5, 5.41) is 7.32. The minimum Gasteiger partial charge on any atom is -0.370 e. The summed E-state index contributed by atoms with van der Waals surface area (Å²) in [5.41, 5.74) is 11.7. The molecule has 1 aliphatic rings. The molecule has 3 N–H and O–H groups in total. The normalized spacial score (nSPS) is 13.6. The third-order valence-electron chi connectivity index (χ3n) is 4.69. The number of hydrogen-bond acceptors (Lipinski definition) is 3. The summed E-state index contributed by atoms with van der Waals surface area (Å²) in [4.78, 5) is 4.41. The van der Waals surface area contributed by atoms with Crippen molar-refractivity contribution in [3.63, 3.8) is 0 Å². The Balaban J connectivity index is 0.00000210. The number of anilines is 1. The molecule has 0 saturated carbocycles. The number of nitrogens with two attached hydrogens (primary N) is 1. The molecule has 0 saturated heterocycles. The summed E-state index contributed by atoms with van der Waals surface area (Å²) in [7, 11) is 0. The molecular weight excluding hydrogens is 451 g/mol. The van der Waals surface area contributed by atoms with E-state index in [9.17, 15) is 0 Å². The van der Waals surface area contributed by atoms with Crippen LogP contribution in [0.15, 0.2) is 64.1 Å². The van der Waals surface area contributed by atoms with Crippen molar-refractivity contribution in [1.82, 2.24) is 5.16 Å². The molecule has 0 atom stereocenters. The highest BCUT2D eigenvalue weighted by Crippen LogP contribution is 2.27. The first-order chi connectivity index (χ1) is 12.8. The predicted octanol–water partition coefficient (Wildman–Crippen LogP) is 4.77. The van der Waals surface area contributed by atoms with Gasteiger partial charge < -0.3 is 15.6 Å². The molecule has 0 fully saturated rings. The average Bonchev–Trinajstić information content (AvgIpc) is 3.17. The molecule has 5 nitrogen and oxygen atoms in total. The van der Waals surface area contributed by atoms with E-state index >= 15 is 0 Å². The Hall–Kier alpha value is -2.35. The number of guanidine groups is 1. The molecule has 1 heterocycles. The summed E-state index contributed by atoms with van der Waals surface area (Å²) in [5.74, 6) is 1.13. The first kappa shape index (κ1) is 19.4. The van der Waals surface area contributed by atoms with E-state index in [-0.39, 0.29) is 24.0 Å². The van der Waals surface area contributed by atoms with Crippen LogP contribution in [0, 0.1) is 0 Å². The molecule has 4 rings (SSSR count). The molecule has 0 amide bonds. The molecule has 1 aliphatic carbocycles.